The van der Waals surface area contributed by atoms with Gasteiger partial charge in [-0.15, -0.1) is 4.83 Å². The van der Waals surface area contributed by atoms with Crippen LogP contribution in [0.5, 0.6) is 11.5 Å². The van der Waals surface area contributed by atoms with Gasteiger partial charge in [0.25, 0.3) is 21.5 Å². The zero-order valence-corrected chi connectivity index (χ0v) is 19.1. The van der Waals surface area contributed by atoms with Crippen LogP contribution in [-0.4, -0.2) is 37.3 Å². The van der Waals surface area contributed by atoms with Gasteiger partial charge in [-0.2, -0.15) is 5.10 Å². The molecule has 5 rings (SSSR count). The van der Waals surface area contributed by atoms with Gasteiger partial charge in [0.2, 0.25) is 0 Å². The summed E-state index contributed by atoms with van der Waals surface area (Å²) in [7, 11) is -4.13. The molecule has 0 fully saturated rings. The fraction of sp³-hybridized carbons (Fsp3) is 0.125. The van der Waals surface area contributed by atoms with Crippen molar-refractivity contribution in [2.75, 3.05) is 13.2 Å². The molecule has 0 aliphatic carbocycles. The minimum Gasteiger partial charge on any atom is -0.486 e. The van der Waals surface area contributed by atoms with Gasteiger partial charge in [0.1, 0.15) is 13.2 Å². The van der Waals surface area contributed by atoms with Crippen LogP contribution in [0.2, 0.25) is 0 Å². The maximum atomic E-state index is 13.0. The first-order valence-electron chi connectivity index (χ1n) is 10.7. The summed E-state index contributed by atoms with van der Waals surface area (Å²) < 4.78 is 37.6. The van der Waals surface area contributed by atoms with Crippen LogP contribution in [0.15, 0.2) is 82.5 Å². The summed E-state index contributed by atoms with van der Waals surface area (Å²) in [6.45, 7) is 0.826. The minimum atomic E-state index is -4.13. The summed E-state index contributed by atoms with van der Waals surface area (Å²) in [6, 6.07) is 19.9. The number of hydrazine groups is 1. The highest BCUT2D eigenvalue weighted by Gasteiger charge is 2.22. The number of fused-ring (bicyclic) bond motifs is 2. The Hall–Kier alpha value is -4.22. The van der Waals surface area contributed by atoms with Gasteiger partial charge in [0.15, 0.2) is 17.2 Å². The molecule has 0 saturated heterocycles. The highest BCUT2D eigenvalue weighted by atomic mass is 32.2. The molecule has 11 heteroatoms. The topological polar surface area (TPSA) is 129 Å². The van der Waals surface area contributed by atoms with Gasteiger partial charge in [-0.3, -0.25) is 15.0 Å². The second kappa shape index (κ2) is 9.20. The number of benzene rings is 3. The van der Waals surface area contributed by atoms with E-state index in [0.717, 1.165) is 5.56 Å². The largest absolute Gasteiger partial charge is 0.486 e. The summed E-state index contributed by atoms with van der Waals surface area (Å²) in [5.74, 6) is -0.0780. The van der Waals surface area contributed by atoms with E-state index < -0.39 is 15.9 Å². The normalized spacial score (nSPS) is 12.9. The Bertz CT molecular complexity index is 1590. The van der Waals surface area contributed by atoms with Gasteiger partial charge in [0.05, 0.1) is 16.8 Å². The number of nitrogens with zero attached hydrogens (tertiary/aromatic N) is 2. The average Bonchev–Trinajstić information content (AvgIpc) is 2.89. The van der Waals surface area contributed by atoms with Crippen LogP contribution < -0.4 is 25.3 Å². The van der Waals surface area contributed by atoms with Gasteiger partial charge in [-0.1, -0.05) is 48.5 Å². The van der Waals surface area contributed by atoms with Crippen LogP contribution in [-0.2, 0) is 16.6 Å². The number of rotatable bonds is 6. The van der Waals surface area contributed by atoms with E-state index in [-0.39, 0.29) is 22.7 Å². The Morgan fingerprint density at radius 1 is 0.914 bits per heavy atom. The van der Waals surface area contributed by atoms with Crippen molar-refractivity contribution in [2.45, 2.75) is 11.4 Å². The van der Waals surface area contributed by atoms with Gasteiger partial charge in [-0.25, -0.2) is 13.1 Å². The van der Waals surface area contributed by atoms with Crippen molar-refractivity contribution in [1.29, 1.82) is 0 Å². The van der Waals surface area contributed by atoms with Gasteiger partial charge in [-0.05, 0) is 23.8 Å². The molecule has 2 N–H and O–H groups in total. The predicted molar refractivity (Wildman–Crippen MR) is 127 cm³/mol. The number of amides is 1. The van der Waals surface area contributed by atoms with E-state index in [0.29, 0.717) is 35.5 Å². The lowest BCUT2D eigenvalue weighted by Crippen LogP contribution is -2.42. The smallest absolute Gasteiger partial charge is 0.287 e. The minimum absolute atomic E-state index is 0.0963. The number of ether oxygens (including phenoxy) is 2. The van der Waals surface area contributed by atoms with Crippen molar-refractivity contribution < 1.29 is 22.7 Å². The molecule has 0 radical (unpaired) electrons. The average molecular weight is 493 g/mol. The number of hydrogen-bond donors (Lipinski definition) is 2. The third kappa shape index (κ3) is 4.59. The van der Waals surface area contributed by atoms with E-state index in [1.165, 1.54) is 22.9 Å². The van der Waals surface area contributed by atoms with Crippen molar-refractivity contribution in [3.05, 3.63) is 94.4 Å². The van der Waals surface area contributed by atoms with Crippen molar-refractivity contribution >= 4 is 26.7 Å². The maximum Gasteiger partial charge on any atom is 0.287 e. The van der Waals surface area contributed by atoms with Crippen molar-refractivity contribution in [3.63, 3.8) is 0 Å². The highest BCUT2D eigenvalue weighted by Crippen LogP contribution is 2.32. The quantitative estimate of drug-likeness (QED) is 0.393. The van der Waals surface area contributed by atoms with Gasteiger partial charge >= 0.3 is 0 Å². The zero-order chi connectivity index (χ0) is 24.4. The van der Waals surface area contributed by atoms with E-state index in [1.54, 1.807) is 24.3 Å². The number of aromatic nitrogens is 2. The van der Waals surface area contributed by atoms with E-state index >= 15 is 0 Å². The van der Waals surface area contributed by atoms with Crippen LogP contribution >= 0.6 is 0 Å². The summed E-state index contributed by atoms with van der Waals surface area (Å²) >= 11 is 0. The molecular weight excluding hydrogens is 472 g/mol. The predicted octanol–water partition coefficient (Wildman–Crippen LogP) is 1.84. The molecule has 1 aromatic heterocycles. The Kier molecular flexibility index (Phi) is 5.93. The molecule has 35 heavy (non-hydrogen) atoms. The number of sulfonamides is 1. The third-order valence-electron chi connectivity index (χ3n) is 5.38. The Morgan fingerprint density at radius 3 is 2.37 bits per heavy atom. The van der Waals surface area contributed by atoms with E-state index in [1.807, 2.05) is 30.3 Å². The lowest BCUT2D eigenvalue weighted by Gasteiger charge is -2.19. The van der Waals surface area contributed by atoms with Gasteiger partial charge < -0.3 is 9.47 Å². The Morgan fingerprint density at radius 2 is 1.60 bits per heavy atom. The summed E-state index contributed by atoms with van der Waals surface area (Å²) in [4.78, 5) is 27.9. The van der Waals surface area contributed by atoms with Crippen LogP contribution in [0.25, 0.3) is 10.8 Å². The molecule has 1 aliphatic rings. The van der Waals surface area contributed by atoms with Crippen molar-refractivity contribution in [2.24, 2.45) is 0 Å². The summed E-state index contributed by atoms with van der Waals surface area (Å²) in [5, 5.41) is 4.84. The van der Waals surface area contributed by atoms with Crippen molar-refractivity contribution in [3.8, 4) is 11.5 Å². The molecular formula is C24H20N4O6S. The first-order valence-corrected chi connectivity index (χ1v) is 12.2. The monoisotopic (exact) mass is 492 g/mol. The van der Waals surface area contributed by atoms with Gasteiger partial charge in [0, 0.05) is 11.5 Å². The molecule has 10 nitrogen and oxygen atoms in total. The first kappa shape index (κ1) is 22.6. The number of carbonyl (C=O) groups excluding carboxylic acids is 1. The standard InChI is InChI=1S/C24H20N4O6S/c29-23(25-27-35(31,32)17-10-11-20-21(14-17)34-13-12-33-20)22-18-8-4-5-9-19(18)24(30)28(26-22)15-16-6-2-1-3-7-16/h1-11,14,27H,12-13,15H2,(H,25,29). The van der Waals surface area contributed by atoms with Crippen LogP contribution in [0.4, 0.5) is 0 Å². The Labute approximate surface area is 200 Å². The SMILES string of the molecule is O=C(NNS(=O)(=O)c1ccc2c(c1)OCCO2)c1nn(Cc2ccccc2)c(=O)c2ccccc12. The second-order valence-corrected chi connectivity index (χ2v) is 9.39. The fourth-order valence-corrected chi connectivity index (χ4v) is 4.54. The molecule has 0 saturated carbocycles. The molecule has 1 amide bonds. The van der Waals surface area contributed by atoms with E-state index in [2.05, 4.69) is 15.4 Å². The molecule has 0 atom stereocenters. The second-order valence-electron chi connectivity index (χ2n) is 7.71. The maximum absolute atomic E-state index is 13.0. The molecule has 0 bridgehead atoms. The molecule has 0 unspecified atom stereocenters. The molecule has 3 aromatic carbocycles. The highest BCUT2D eigenvalue weighted by molar-refractivity contribution is 7.89. The third-order valence-corrected chi connectivity index (χ3v) is 6.63. The van der Waals surface area contributed by atoms with Crippen molar-refractivity contribution in [1.82, 2.24) is 20.0 Å². The number of nitrogens with one attached hydrogen (secondary N) is 2. The Balaban J connectivity index is 1.43. The lowest BCUT2D eigenvalue weighted by molar-refractivity contribution is 0.0939. The van der Waals surface area contributed by atoms with E-state index in [9.17, 15) is 18.0 Å². The lowest BCUT2D eigenvalue weighted by atomic mass is 10.1. The first-order chi connectivity index (χ1) is 16.9. The molecule has 2 heterocycles. The molecule has 4 aromatic rings. The fourth-order valence-electron chi connectivity index (χ4n) is 3.69. The van der Waals surface area contributed by atoms with Crippen LogP contribution in [0, 0.1) is 0 Å². The molecule has 1 aliphatic heterocycles. The van der Waals surface area contributed by atoms with Crippen LogP contribution in [0.1, 0.15) is 16.1 Å². The summed E-state index contributed by atoms with van der Waals surface area (Å²) in [5.41, 5.74) is 2.56. The number of hydrogen-bond acceptors (Lipinski definition) is 7. The molecule has 0 spiro atoms. The van der Waals surface area contributed by atoms with Crippen LogP contribution in [0.3, 0.4) is 0 Å². The zero-order valence-electron chi connectivity index (χ0n) is 18.3. The molecule has 178 valence electrons. The number of carbonyl (C=O) groups is 1. The van der Waals surface area contributed by atoms with E-state index in [4.69, 9.17) is 9.47 Å². The summed E-state index contributed by atoms with van der Waals surface area (Å²) in [6.07, 6.45) is 0.